The van der Waals surface area contributed by atoms with E-state index in [0.717, 1.165) is 17.9 Å². The Labute approximate surface area is 166 Å². The van der Waals surface area contributed by atoms with Gasteiger partial charge in [-0.15, -0.1) is 0 Å². The molecule has 0 bridgehead atoms. The Bertz CT molecular complexity index is 905. The first-order valence-electron chi connectivity index (χ1n) is 10.0. The Kier molecular flexibility index (Phi) is 5.67. The highest BCUT2D eigenvalue weighted by molar-refractivity contribution is 5.68. The molecule has 6 nitrogen and oxygen atoms in total. The normalized spacial score (nSPS) is 17.6. The number of likely N-dealkylation sites (tertiary alicyclic amines) is 1. The molecule has 1 aliphatic rings. The van der Waals surface area contributed by atoms with Gasteiger partial charge in [0.05, 0.1) is 5.56 Å². The van der Waals surface area contributed by atoms with Crippen LogP contribution in [0.15, 0.2) is 47.1 Å². The number of aromatic nitrogens is 3. The van der Waals surface area contributed by atoms with Gasteiger partial charge in [-0.2, -0.15) is 4.98 Å². The van der Waals surface area contributed by atoms with Crippen LogP contribution in [0.1, 0.15) is 43.1 Å². The molecule has 0 saturated carbocycles. The first-order valence-corrected chi connectivity index (χ1v) is 10.0. The van der Waals surface area contributed by atoms with E-state index < -0.39 is 0 Å². The number of pyridine rings is 1. The molecule has 0 aliphatic carbocycles. The van der Waals surface area contributed by atoms with Crippen molar-refractivity contribution in [3.63, 3.8) is 0 Å². The third-order valence-electron chi connectivity index (χ3n) is 5.37. The maximum Gasteiger partial charge on any atom is 0.261 e. The second kappa shape index (κ2) is 8.52. The van der Waals surface area contributed by atoms with Crippen LogP contribution in [-0.4, -0.2) is 32.6 Å². The maximum atomic E-state index is 5.29. The molecule has 28 heavy (non-hydrogen) atoms. The van der Waals surface area contributed by atoms with E-state index in [1.807, 2.05) is 19.1 Å². The number of benzene rings is 1. The lowest BCUT2D eigenvalue weighted by atomic mass is 10.0. The molecule has 1 fully saturated rings. The fourth-order valence-corrected chi connectivity index (χ4v) is 3.70. The van der Waals surface area contributed by atoms with E-state index >= 15 is 0 Å². The summed E-state index contributed by atoms with van der Waals surface area (Å²) in [5.74, 6) is 1.85. The second-order valence-corrected chi connectivity index (χ2v) is 7.53. The Hall–Kier alpha value is -2.73. The molecule has 0 radical (unpaired) electrons. The van der Waals surface area contributed by atoms with Crippen LogP contribution < -0.4 is 5.32 Å². The summed E-state index contributed by atoms with van der Waals surface area (Å²) in [6.45, 7) is 7.09. The summed E-state index contributed by atoms with van der Waals surface area (Å²) < 4.78 is 5.29. The Morgan fingerprint density at radius 1 is 1.14 bits per heavy atom. The van der Waals surface area contributed by atoms with Gasteiger partial charge in [0, 0.05) is 25.3 Å². The van der Waals surface area contributed by atoms with E-state index in [4.69, 9.17) is 4.52 Å². The average Bonchev–Trinajstić information content (AvgIpc) is 3.15. The highest BCUT2D eigenvalue weighted by Crippen LogP contribution is 2.25. The molecule has 1 atom stereocenters. The molecule has 1 unspecified atom stereocenters. The van der Waals surface area contributed by atoms with E-state index in [2.05, 4.69) is 56.5 Å². The van der Waals surface area contributed by atoms with Crippen LogP contribution in [0.25, 0.3) is 11.5 Å². The van der Waals surface area contributed by atoms with Gasteiger partial charge in [-0.1, -0.05) is 35.8 Å². The first kappa shape index (κ1) is 18.6. The largest absolute Gasteiger partial charge is 0.365 e. The molecule has 1 saturated heterocycles. The minimum atomic E-state index is 0.485. The van der Waals surface area contributed by atoms with Gasteiger partial charge >= 0.3 is 0 Å². The zero-order chi connectivity index (χ0) is 19.3. The number of anilines is 1. The summed E-state index contributed by atoms with van der Waals surface area (Å²) in [5.41, 5.74) is 3.41. The molecule has 3 heterocycles. The van der Waals surface area contributed by atoms with Gasteiger partial charge < -0.3 is 9.84 Å². The van der Waals surface area contributed by atoms with Crippen LogP contribution in [0.5, 0.6) is 0 Å². The van der Waals surface area contributed by atoms with Crippen LogP contribution in [-0.2, 0) is 13.1 Å². The molecule has 2 aromatic heterocycles. The van der Waals surface area contributed by atoms with Gasteiger partial charge in [0.25, 0.3) is 5.89 Å². The number of nitrogens with one attached hydrogen (secondary N) is 1. The third-order valence-corrected chi connectivity index (χ3v) is 5.37. The van der Waals surface area contributed by atoms with E-state index in [9.17, 15) is 0 Å². The molecule has 0 amide bonds. The summed E-state index contributed by atoms with van der Waals surface area (Å²) in [6.07, 6.45) is 5.76. The van der Waals surface area contributed by atoms with Crippen LogP contribution in [0.2, 0.25) is 0 Å². The Morgan fingerprint density at radius 2 is 1.96 bits per heavy atom. The molecular weight excluding hydrogens is 350 g/mol. The molecule has 146 valence electrons. The van der Waals surface area contributed by atoms with Crippen molar-refractivity contribution in [1.29, 1.82) is 0 Å². The Balaban J connectivity index is 1.39. The summed E-state index contributed by atoms with van der Waals surface area (Å²) in [6, 6.07) is 13.3. The molecule has 1 N–H and O–H groups in total. The Morgan fingerprint density at radius 3 is 2.71 bits per heavy atom. The lowest BCUT2D eigenvalue weighted by Gasteiger charge is -2.33. The molecule has 0 spiro atoms. The van der Waals surface area contributed by atoms with Crippen molar-refractivity contribution in [3.05, 3.63) is 59.5 Å². The zero-order valence-corrected chi connectivity index (χ0v) is 16.6. The number of rotatable bonds is 6. The van der Waals surface area contributed by atoms with E-state index in [1.54, 1.807) is 6.20 Å². The topological polar surface area (TPSA) is 67.1 Å². The summed E-state index contributed by atoms with van der Waals surface area (Å²) in [5, 5.41) is 7.27. The SMILES string of the molecule is Cc1noc(-c2cccnc2NCc2ccc(CN3CCCCC3C)cc2)n1. The van der Waals surface area contributed by atoms with Gasteiger partial charge in [0.1, 0.15) is 5.82 Å². The first-order chi connectivity index (χ1) is 13.7. The molecule has 4 rings (SSSR count). The summed E-state index contributed by atoms with van der Waals surface area (Å²) in [7, 11) is 0. The minimum absolute atomic E-state index is 0.485. The third kappa shape index (κ3) is 4.39. The van der Waals surface area contributed by atoms with Gasteiger partial charge in [-0.3, -0.25) is 4.90 Å². The monoisotopic (exact) mass is 377 g/mol. The number of hydrogen-bond acceptors (Lipinski definition) is 6. The van der Waals surface area contributed by atoms with E-state index in [0.29, 0.717) is 24.3 Å². The smallest absolute Gasteiger partial charge is 0.261 e. The zero-order valence-electron chi connectivity index (χ0n) is 16.6. The number of nitrogens with zero attached hydrogens (tertiary/aromatic N) is 4. The van der Waals surface area contributed by atoms with Gasteiger partial charge in [-0.25, -0.2) is 4.98 Å². The molecule has 6 heteroatoms. The minimum Gasteiger partial charge on any atom is -0.365 e. The highest BCUT2D eigenvalue weighted by Gasteiger charge is 2.18. The van der Waals surface area contributed by atoms with Gasteiger partial charge in [0.15, 0.2) is 5.82 Å². The lowest BCUT2D eigenvalue weighted by molar-refractivity contribution is 0.152. The fraction of sp³-hybridized carbons (Fsp3) is 0.409. The second-order valence-electron chi connectivity index (χ2n) is 7.53. The standard InChI is InChI=1S/C22H27N5O/c1-16-6-3-4-13-27(16)15-19-10-8-18(9-11-19)14-24-21-20(7-5-12-23-21)22-25-17(2)26-28-22/h5,7-12,16H,3-4,6,13-15H2,1-2H3,(H,23,24). The van der Waals surface area contributed by atoms with Crippen molar-refractivity contribution in [2.24, 2.45) is 0 Å². The van der Waals surface area contributed by atoms with Crippen molar-refractivity contribution in [2.45, 2.75) is 52.2 Å². The number of hydrogen-bond donors (Lipinski definition) is 1. The van der Waals surface area contributed by atoms with Crippen molar-refractivity contribution >= 4 is 5.82 Å². The highest BCUT2D eigenvalue weighted by atomic mass is 16.5. The molecule has 1 aromatic carbocycles. The van der Waals surface area contributed by atoms with Gasteiger partial charge in [0.2, 0.25) is 0 Å². The maximum absolute atomic E-state index is 5.29. The van der Waals surface area contributed by atoms with Crippen LogP contribution >= 0.6 is 0 Å². The molecular formula is C22H27N5O. The predicted molar refractivity (Wildman–Crippen MR) is 110 cm³/mol. The molecule has 1 aliphatic heterocycles. The van der Waals surface area contributed by atoms with E-state index in [-0.39, 0.29) is 0 Å². The predicted octanol–water partition coefficient (Wildman–Crippen LogP) is 4.43. The van der Waals surface area contributed by atoms with E-state index in [1.165, 1.54) is 36.9 Å². The average molecular weight is 377 g/mol. The quantitative estimate of drug-likeness (QED) is 0.686. The van der Waals surface area contributed by atoms with Crippen LogP contribution in [0, 0.1) is 6.92 Å². The fourth-order valence-electron chi connectivity index (χ4n) is 3.70. The summed E-state index contributed by atoms with van der Waals surface area (Å²) >= 11 is 0. The number of piperidine rings is 1. The van der Waals surface area contributed by atoms with Crippen LogP contribution in [0.4, 0.5) is 5.82 Å². The van der Waals surface area contributed by atoms with Crippen LogP contribution in [0.3, 0.4) is 0 Å². The van der Waals surface area contributed by atoms with Crippen molar-refractivity contribution < 1.29 is 4.52 Å². The van der Waals surface area contributed by atoms with Gasteiger partial charge in [-0.05, 0) is 56.5 Å². The van der Waals surface area contributed by atoms with Crippen molar-refractivity contribution in [3.8, 4) is 11.5 Å². The summed E-state index contributed by atoms with van der Waals surface area (Å²) in [4.78, 5) is 11.3. The van der Waals surface area contributed by atoms with Crippen molar-refractivity contribution in [1.82, 2.24) is 20.0 Å². The number of aryl methyl sites for hydroxylation is 1. The lowest BCUT2D eigenvalue weighted by Crippen LogP contribution is -2.36. The van der Waals surface area contributed by atoms with Crippen molar-refractivity contribution in [2.75, 3.05) is 11.9 Å². The molecule has 3 aromatic rings.